The number of rotatable bonds is 4. The Morgan fingerprint density at radius 3 is 2.71 bits per heavy atom. The van der Waals surface area contributed by atoms with Gasteiger partial charge in [-0.3, -0.25) is 14.9 Å². The van der Waals surface area contributed by atoms with Crippen LogP contribution in [0.5, 0.6) is 0 Å². The van der Waals surface area contributed by atoms with Crippen molar-refractivity contribution in [2.75, 3.05) is 20.6 Å². The quantitative estimate of drug-likeness (QED) is 0.448. The number of hydrogen-bond acceptors (Lipinski definition) is 4. The summed E-state index contributed by atoms with van der Waals surface area (Å²) >= 11 is 0. The van der Waals surface area contributed by atoms with Gasteiger partial charge in [-0.1, -0.05) is 12.1 Å². The number of nitro benzene ring substituents is 1. The largest absolute Gasteiger partial charge is 0.304 e. The SMILES string of the molecule is CN(C)CC=NC(=O)c1ccccc1[N+](=O)[O-]. The van der Waals surface area contributed by atoms with E-state index in [1.54, 1.807) is 6.07 Å². The van der Waals surface area contributed by atoms with Crippen molar-refractivity contribution in [1.82, 2.24) is 4.90 Å². The zero-order valence-corrected chi connectivity index (χ0v) is 9.66. The van der Waals surface area contributed by atoms with Crippen LogP contribution < -0.4 is 0 Å². The molecule has 0 aliphatic rings. The van der Waals surface area contributed by atoms with Gasteiger partial charge in [0.2, 0.25) is 0 Å². The number of para-hydroxylation sites is 1. The van der Waals surface area contributed by atoms with Crippen molar-refractivity contribution in [3.63, 3.8) is 0 Å². The molecule has 0 radical (unpaired) electrons. The van der Waals surface area contributed by atoms with Gasteiger partial charge in [0.15, 0.2) is 0 Å². The molecule has 90 valence electrons. The second-order valence-corrected chi connectivity index (χ2v) is 3.65. The smallest absolute Gasteiger partial charge is 0.283 e. The minimum Gasteiger partial charge on any atom is -0.304 e. The molecule has 1 aromatic carbocycles. The number of nitro groups is 1. The van der Waals surface area contributed by atoms with Crippen LogP contribution in [0, 0.1) is 10.1 Å². The average Bonchev–Trinajstić information content (AvgIpc) is 2.28. The summed E-state index contributed by atoms with van der Waals surface area (Å²) in [6.45, 7) is 0.506. The third-order valence-electron chi connectivity index (χ3n) is 1.99. The summed E-state index contributed by atoms with van der Waals surface area (Å²) in [4.78, 5) is 27.2. The van der Waals surface area contributed by atoms with Crippen molar-refractivity contribution in [2.24, 2.45) is 4.99 Å². The highest BCUT2D eigenvalue weighted by atomic mass is 16.6. The molecule has 1 amide bonds. The van der Waals surface area contributed by atoms with Crippen LogP contribution in [0.3, 0.4) is 0 Å². The first kappa shape index (κ1) is 13.0. The van der Waals surface area contributed by atoms with Gasteiger partial charge in [-0.15, -0.1) is 0 Å². The first-order chi connectivity index (χ1) is 8.02. The number of carbonyl (C=O) groups is 1. The molecule has 0 saturated heterocycles. The Hall–Kier alpha value is -2.08. The second kappa shape index (κ2) is 5.86. The fourth-order valence-corrected chi connectivity index (χ4v) is 1.17. The van der Waals surface area contributed by atoms with E-state index in [4.69, 9.17) is 0 Å². The Morgan fingerprint density at radius 2 is 2.12 bits per heavy atom. The minimum absolute atomic E-state index is 0.00695. The van der Waals surface area contributed by atoms with E-state index in [1.807, 2.05) is 19.0 Å². The predicted molar refractivity (Wildman–Crippen MR) is 64.5 cm³/mol. The molecule has 0 unspecified atom stereocenters. The van der Waals surface area contributed by atoms with Crippen LogP contribution >= 0.6 is 0 Å². The van der Waals surface area contributed by atoms with Gasteiger partial charge >= 0.3 is 0 Å². The first-order valence-electron chi connectivity index (χ1n) is 4.97. The van der Waals surface area contributed by atoms with Crippen LogP contribution in [0.1, 0.15) is 10.4 Å². The van der Waals surface area contributed by atoms with Crippen molar-refractivity contribution in [1.29, 1.82) is 0 Å². The standard InChI is InChI=1S/C11H13N3O3/c1-13(2)8-7-12-11(15)9-5-3-4-6-10(9)14(16)17/h3-7H,8H2,1-2H3. The van der Waals surface area contributed by atoms with E-state index >= 15 is 0 Å². The van der Waals surface area contributed by atoms with Gasteiger partial charge in [-0.2, -0.15) is 0 Å². The number of hydrogen-bond donors (Lipinski definition) is 0. The Balaban J connectivity index is 2.89. The van der Waals surface area contributed by atoms with E-state index in [0.717, 1.165) is 0 Å². The van der Waals surface area contributed by atoms with E-state index in [9.17, 15) is 14.9 Å². The number of amides is 1. The summed E-state index contributed by atoms with van der Waals surface area (Å²) in [7, 11) is 3.67. The van der Waals surface area contributed by atoms with Crippen molar-refractivity contribution >= 4 is 17.8 Å². The molecule has 0 aliphatic heterocycles. The average molecular weight is 235 g/mol. The van der Waals surface area contributed by atoms with Crippen LogP contribution in [-0.2, 0) is 0 Å². The summed E-state index contributed by atoms with van der Waals surface area (Å²) in [6, 6.07) is 5.77. The second-order valence-electron chi connectivity index (χ2n) is 3.65. The van der Waals surface area contributed by atoms with E-state index < -0.39 is 10.8 Å². The predicted octanol–water partition coefficient (Wildman–Crippen LogP) is 1.37. The van der Waals surface area contributed by atoms with Crippen LogP contribution in [0.25, 0.3) is 0 Å². The Labute approximate surface area is 98.7 Å². The first-order valence-corrected chi connectivity index (χ1v) is 4.97. The lowest BCUT2D eigenvalue weighted by molar-refractivity contribution is -0.385. The van der Waals surface area contributed by atoms with E-state index in [1.165, 1.54) is 24.4 Å². The number of carbonyl (C=O) groups excluding carboxylic acids is 1. The molecule has 0 heterocycles. The molecule has 17 heavy (non-hydrogen) atoms. The maximum atomic E-state index is 11.6. The summed E-state index contributed by atoms with van der Waals surface area (Å²) < 4.78 is 0. The molecular weight excluding hydrogens is 222 g/mol. The van der Waals surface area contributed by atoms with Crippen molar-refractivity contribution in [2.45, 2.75) is 0 Å². The molecule has 1 aromatic rings. The molecule has 6 nitrogen and oxygen atoms in total. The summed E-state index contributed by atoms with van der Waals surface area (Å²) in [5.74, 6) is -0.598. The number of aliphatic imine (C=N–C) groups is 1. The van der Waals surface area contributed by atoms with Crippen LogP contribution in [0.2, 0.25) is 0 Å². The monoisotopic (exact) mass is 235 g/mol. The van der Waals surface area contributed by atoms with Gasteiger partial charge in [0.25, 0.3) is 11.6 Å². The lowest BCUT2D eigenvalue weighted by atomic mass is 10.2. The third kappa shape index (κ3) is 3.76. The molecule has 0 fully saturated rings. The minimum atomic E-state index is -0.598. The van der Waals surface area contributed by atoms with Gasteiger partial charge in [-0.25, -0.2) is 4.99 Å². The highest BCUT2D eigenvalue weighted by molar-refractivity contribution is 6.02. The van der Waals surface area contributed by atoms with Crippen molar-refractivity contribution in [3.05, 3.63) is 39.9 Å². The summed E-state index contributed by atoms with van der Waals surface area (Å²) in [5, 5.41) is 10.7. The van der Waals surface area contributed by atoms with Gasteiger partial charge in [0.1, 0.15) is 5.56 Å². The maximum Gasteiger partial charge on any atom is 0.283 e. The van der Waals surface area contributed by atoms with E-state index in [-0.39, 0.29) is 11.3 Å². The lowest BCUT2D eigenvalue weighted by Crippen LogP contribution is -2.14. The maximum absolute atomic E-state index is 11.6. The van der Waals surface area contributed by atoms with Gasteiger partial charge < -0.3 is 4.90 Å². The van der Waals surface area contributed by atoms with Crippen LogP contribution in [0.4, 0.5) is 5.69 Å². The lowest BCUT2D eigenvalue weighted by Gasteiger charge is -2.02. The molecule has 1 rings (SSSR count). The van der Waals surface area contributed by atoms with Crippen molar-refractivity contribution < 1.29 is 9.72 Å². The molecule has 0 N–H and O–H groups in total. The fourth-order valence-electron chi connectivity index (χ4n) is 1.17. The molecule has 0 aromatic heterocycles. The van der Waals surface area contributed by atoms with E-state index in [2.05, 4.69) is 4.99 Å². The topological polar surface area (TPSA) is 75.8 Å². The molecule has 0 saturated carbocycles. The highest BCUT2D eigenvalue weighted by Gasteiger charge is 2.17. The highest BCUT2D eigenvalue weighted by Crippen LogP contribution is 2.18. The molecule has 0 spiro atoms. The number of benzene rings is 1. The van der Waals surface area contributed by atoms with Gasteiger partial charge in [-0.05, 0) is 20.2 Å². The Morgan fingerprint density at radius 1 is 1.47 bits per heavy atom. The Bertz CT molecular complexity index is 455. The van der Waals surface area contributed by atoms with Crippen molar-refractivity contribution in [3.8, 4) is 0 Å². The molecule has 0 bridgehead atoms. The summed E-state index contributed by atoms with van der Waals surface area (Å²) in [6.07, 6.45) is 1.43. The fraction of sp³-hybridized carbons (Fsp3) is 0.273. The van der Waals surface area contributed by atoms with Gasteiger partial charge in [0, 0.05) is 18.8 Å². The molecule has 6 heteroatoms. The molecule has 0 aliphatic carbocycles. The van der Waals surface area contributed by atoms with Crippen LogP contribution in [0.15, 0.2) is 29.3 Å². The zero-order valence-electron chi connectivity index (χ0n) is 9.66. The normalized spacial score (nSPS) is 11.0. The zero-order chi connectivity index (χ0) is 12.8. The van der Waals surface area contributed by atoms with E-state index in [0.29, 0.717) is 6.54 Å². The Kier molecular flexibility index (Phi) is 4.47. The third-order valence-corrected chi connectivity index (χ3v) is 1.99. The van der Waals surface area contributed by atoms with Gasteiger partial charge in [0.05, 0.1) is 4.92 Å². The molecule has 0 atom stereocenters. The number of nitrogens with zero attached hydrogens (tertiary/aromatic N) is 3. The summed E-state index contributed by atoms with van der Waals surface area (Å²) in [5.41, 5.74) is -0.216. The molecular formula is C11H13N3O3. The van der Waals surface area contributed by atoms with Crippen LogP contribution in [-0.4, -0.2) is 42.6 Å².